The van der Waals surface area contributed by atoms with Crippen LogP contribution in [0.2, 0.25) is 0 Å². The Hall–Kier alpha value is -2.13. The van der Waals surface area contributed by atoms with E-state index in [0.29, 0.717) is 18.5 Å². The van der Waals surface area contributed by atoms with Gasteiger partial charge < -0.3 is 4.84 Å². The van der Waals surface area contributed by atoms with Gasteiger partial charge in [-0.2, -0.15) is 5.10 Å². The Kier molecular flexibility index (Phi) is 6.48. The normalized spacial score (nSPS) is 19.7. The fraction of sp³-hybridized carbons (Fsp3) is 0.450. The number of rotatable bonds is 6. The van der Waals surface area contributed by atoms with Crippen LogP contribution in [-0.4, -0.2) is 56.4 Å². The van der Waals surface area contributed by atoms with Gasteiger partial charge in [0.1, 0.15) is 7.11 Å². The highest BCUT2D eigenvalue weighted by molar-refractivity contribution is 8.00. The molecule has 0 fully saturated rings. The Labute approximate surface area is 175 Å². The van der Waals surface area contributed by atoms with Crippen molar-refractivity contribution in [2.75, 3.05) is 25.2 Å². The third kappa shape index (κ3) is 3.98. The number of hydrogen-bond acceptors (Lipinski definition) is 7. The zero-order chi connectivity index (χ0) is 21.2. The second-order valence-electron chi connectivity index (χ2n) is 6.76. The summed E-state index contributed by atoms with van der Waals surface area (Å²) in [6.45, 7) is 5.86. The fourth-order valence-corrected chi connectivity index (χ4v) is 6.47. The summed E-state index contributed by atoms with van der Waals surface area (Å²) in [4.78, 5) is 18.9. The lowest BCUT2D eigenvalue weighted by Crippen LogP contribution is -2.24. The first-order valence-corrected chi connectivity index (χ1v) is 12.2. The molecule has 0 saturated heterocycles. The van der Waals surface area contributed by atoms with Crippen molar-refractivity contribution in [3.63, 3.8) is 0 Å². The van der Waals surface area contributed by atoms with Crippen LogP contribution in [0, 0.1) is 6.92 Å². The van der Waals surface area contributed by atoms with Gasteiger partial charge in [0.25, 0.3) is 5.91 Å². The van der Waals surface area contributed by atoms with Gasteiger partial charge >= 0.3 is 0 Å². The van der Waals surface area contributed by atoms with Crippen LogP contribution in [0.3, 0.4) is 0 Å². The molecule has 7 nitrogen and oxygen atoms in total. The topological polar surface area (TPSA) is 88.4 Å². The summed E-state index contributed by atoms with van der Waals surface area (Å²) in [6, 6.07) is 3.70. The van der Waals surface area contributed by atoms with E-state index >= 15 is 0 Å². The molecule has 0 saturated carbocycles. The maximum absolute atomic E-state index is 13.2. The quantitative estimate of drug-likeness (QED) is 0.506. The zero-order valence-electron chi connectivity index (χ0n) is 17.1. The number of likely N-dealkylation sites (N-methyl/N-ethyl adjacent to an activating group) is 1. The van der Waals surface area contributed by atoms with Crippen LogP contribution in [0.15, 0.2) is 32.9 Å². The van der Waals surface area contributed by atoms with E-state index in [9.17, 15) is 13.2 Å². The number of sulfone groups is 1. The summed E-state index contributed by atoms with van der Waals surface area (Å²) in [7, 11) is -2.19. The highest BCUT2D eigenvalue weighted by atomic mass is 32.2. The minimum absolute atomic E-state index is 0.0383. The number of carbonyl (C=O) groups is 1. The second-order valence-corrected chi connectivity index (χ2v) is 9.94. The maximum Gasteiger partial charge on any atom is 0.276 e. The molecule has 2 heterocycles. The molecular formula is C20H25N3O4S2. The van der Waals surface area contributed by atoms with Crippen molar-refractivity contribution in [1.82, 2.24) is 5.01 Å². The van der Waals surface area contributed by atoms with E-state index in [2.05, 4.69) is 10.3 Å². The van der Waals surface area contributed by atoms with E-state index in [1.54, 1.807) is 24.8 Å². The number of benzene rings is 1. The molecule has 0 unspecified atom stereocenters. The highest BCUT2D eigenvalue weighted by Crippen LogP contribution is 2.38. The van der Waals surface area contributed by atoms with Crippen LogP contribution in [0.5, 0.6) is 0 Å². The van der Waals surface area contributed by atoms with Gasteiger partial charge in [0, 0.05) is 29.2 Å². The van der Waals surface area contributed by atoms with Crippen LogP contribution in [0.25, 0.3) is 4.91 Å². The Morgan fingerprint density at radius 3 is 2.72 bits per heavy atom. The molecule has 0 N–H and O–H groups in total. The van der Waals surface area contributed by atoms with Gasteiger partial charge in [-0.1, -0.05) is 18.1 Å². The van der Waals surface area contributed by atoms with Crippen molar-refractivity contribution in [1.29, 1.82) is 0 Å². The monoisotopic (exact) mass is 435 g/mol. The third-order valence-corrected chi connectivity index (χ3v) is 7.94. The van der Waals surface area contributed by atoms with E-state index in [4.69, 9.17) is 4.84 Å². The number of carbonyl (C=O) groups excluding carboxylic acids is 1. The second kappa shape index (κ2) is 8.71. The largest absolute Gasteiger partial charge is 0.399 e. The predicted molar refractivity (Wildman–Crippen MR) is 117 cm³/mol. The van der Waals surface area contributed by atoms with Crippen molar-refractivity contribution in [2.45, 2.75) is 38.5 Å². The van der Waals surface area contributed by atoms with Gasteiger partial charge in [0.05, 0.1) is 28.2 Å². The molecule has 1 aromatic carbocycles. The molecule has 1 amide bonds. The number of amides is 1. The summed E-state index contributed by atoms with van der Waals surface area (Å²) in [6.07, 6.45) is 2.55. The van der Waals surface area contributed by atoms with Crippen molar-refractivity contribution in [3.8, 4) is 0 Å². The lowest BCUT2D eigenvalue weighted by atomic mass is 9.95. The summed E-state index contributed by atoms with van der Waals surface area (Å²) >= 11 is 1.70. The summed E-state index contributed by atoms with van der Waals surface area (Å²) in [5.41, 5.74) is 3.11. The number of thioether (sulfide) groups is 1. The third-order valence-electron chi connectivity index (χ3n) is 4.88. The first-order chi connectivity index (χ1) is 13.9. The summed E-state index contributed by atoms with van der Waals surface area (Å²) < 4.78 is 26.5. The lowest BCUT2D eigenvalue weighted by molar-refractivity contribution is -0.125. The van der Waals surface area contributed by atoms with Gasteiger partial charge in [0.15, 0.2) is 9.84 Å². The number of hydrogen-bond donors (Lipinski definition) is 0. The SMILES string of the molecule is CCCS(=O)(=O)/C(=C1\C=NN(CC)C1=O)c1ccc2c(c1C)/C(=N/OC)CCS2. The van der Waals surface area contributed by atoms with E-state index in [-0.39, 0.29) is 22.1 Å². The average Bonchev–Trinajstić information content (AvgIpc) is 3.04. The Balaban J connectivity index is 2.29. The van der Waals surface area contributed by atoms with Crippen LogP contribution in [0.1, 0.15) is 43.4 Å². The molecule has 0 radical (unpaired) electrons. The molecule has 3 rings (SSSR count). The van der Waals surface area contributed by atoms with E-state index in [1.807, 2.05) is 19.9 Å². The molecule has 29 heavy (non-hydrogen) atoms. The fourth-order valence-electron chi connectivity index (χ4n) is 3.60. The molecule has 0 atom stereocenters. The smallest absolute Gasteiger partial charge is 0.276 e. The van der Waals surface area contributed by atoms with Crippen molar-refractivity contribution in [2.24, 2.45) is 10.3 Å². The minimum atomic E-state index is -3.69. The van der Waals surface area contributed by atoms with Crippen LogP contribution < -0.4 is 0 Å². The molecule has 0 spiro atoms. The van der Waals surface area contributed by atoms with Crippen LogP contribution in [0.4, 0.5) is 0 Å². The van der Waals surface area contributed by atoms with Gasteiger partial charge in [-0.3, -0.25) is 4.79 Å². The number of fused-ring (bicyclic) bond motifs is 1. The first kappa shape index (κ1) is 21.6. The maximum atomic E-state index is 13.2. The molecule has 0 aliphatic carbocycles. The summed E-state index contributed by atoms with van der Waals surface area (Å²) in [5, 5.41) is 9.52. The Bertz CT molecular complexity index is 1030. The highest BCUT2D eigenvalue weighted by Gasteiger charge is 2.33. The zero-order valence-corrected chi connectivity index (χ0v) is 18.7. The van der Waals surface area contributed by atoms with E-state index in [1.165, 1.54) is 18.3 Å². The molecule has 1 aromatic rings. The van der Waals surface area contributed by atoms with Gasteiger partial charge in [-0.25, -0.2) is 13.4 Å². The van der Waals surface area contributed by atoms with Crippen molar-refractivity contribution >= 4 is 44.3 Å². The number of oxime groups is 1. The van der Waals surface area contributed by atoms with Gasteiger partial charge in [-0.15, -0.1) is 11.8 Å². The lowest BCUT2D eigenvalue weighted by Gasteiger charge is -2.22. The van der Waals surface area contributed by atoms with Crippen LogP contribution in [-0.2, 0) is 19.5 Å². The predicted octanol–water partition coefficient (Wildman–Crippen LogP) is 3.23. The molecule has 156 valence electrons. The number of nitrogens with zero attached hydrogens (tertiary/aromatic N) is 3. The number of hydrazone groups is 1. The standard InChI is InChI=1S/C20H25N3O4S2/c1-5-11-29(25,26)19(15-12-21-23(6-2)20(15)24)14-7-8-17-18(13(14)3)16(22-27-4)9-10-28-17/h7-8,12H,5-6,9-11H2,1-4H3/b19-15+,22-16+. The van der Waals surface area contributed by atoms with E-state index in [0.717, 1.165) is 33.9 Å². The molecule has 2 aliphatic heterocycles. The molecule has 2 aliphatic rings. The molecule has 0 bridgehead atoms. The molecule has 9 heteroatoms. The van der Waals surface area contributed by atoms with Crippen molar-refractivity contribution in [3.05, 3.63) is 34.4 Å². The molecule has 0 aromatic heterocycles. The van der Waals surface area contributed by atoms with Crippen molar-refractivity contribution < 1.29 is 18.0 Å². The Morgan fingerprint density at radius 2 is 2.10 bits per heavy atom. The minimum Gasteiger partial charge on any atom is -0.399 e. The molecular weight excluding hydrogens is 410 g/mol. The average molecular weight is 436 g/mol. The van der Waals surface area contributed by atoms with Crippen LogP contribution >= 0.6 is 11.8 Å². The van der Waals surface area contributed by atoms with E-state index < -0.39 is 9.84 Å². The Morgan fingerprint density at radius 1 is 1.34 bits per heavy atom. The van der Waals surface area contributed by atoms with Gasteiger partial charge in [-0.05, 0) is 37.5 Å². The van der Waals surface area contributed by atoms with Gasteiger partial charge in [0.2, 0.25) is 0 Å². The first-order valence-electron chi connectivity index (χ1n) is 9.55. The summed E-state index contributed by atoms with van der Waals surface area (Å²) in [5.74, 6) is 0.454.